The van der Waals surface area contributed by atoms with Gasteiger partial charge in [-0.15, -0.1) is 11.8 Å². The van der Waals surface area contributed by atoms with Gasteiger partial charge in [0.15, 0.2) is 0 Å². The van der Waals surface area contributed by atoms with Crippen LogP contribution >= 0.6 is 23.4 Å². The summed E-state index contributed by atoms with van der Waals surface area (Å²) in [6.07, 6.45) is 0. The van der Waals surface area contributed by atoms with Gasteiger partial charge in [-0.2, -0.15) is 0 Å². The van der Waals surface area contributed by atoms with E-state index in [2.05, 4.69) is 10.0 Å². The summed E-state index contributed by atoms with van der Waals surface area (Å²) in [5, 5.41) is 3.12. The summed E-state index contributed by atoms with van der Waals surface area (Å²) in [7, 11) is -3.73. The van der Waals surface area contributed by atoms with Gasteiger partial charge >= 0.3 is 0 Å². The van der Waals surface area contributed by atoms with Crippen molar-refractivity contribution in [2.24, 2.45) is 0 Å². The van der Waals surface area contributed by atoms with Gasteiger partial charge in [-0.25, -0.2) is 8.42 Å². The van der Waals surface area contributed by atoms with Gasteiger partial charge in [-0.1, -0.05) is 29.3 Å². The van der Waals surface area contributed by atoms with Crippen LogP contribution in [-0.2, 0) is 14.8 Å². The number of sulfonamides is 1. The highest BCUT2D eigenvalue weighted by atomic mass is 35.5. The lowest BCUT2D eigenvalue weighted by atomic mass is 10.1. The van der Waals surface area contributed by atoms with Crippen molar-refractivity contribution in [2.45, 2.75) is 35.8 Å². The number of carbonyl (C=O) groups excluding carboxylic acids is 1. The topological polar surface area (TPSA) is 75.3 Å². The van der Waals surface area contributed by atoms with Crippen molar-refractivity contribution < 1.29 is 13.2 Å². The molecule has 1 amide bonds. The van der Waals surface area contributed by atoms with Crippen molar-refractivity contribution in [3.8, 4) is 0 Å². The molecule has 1 atom stereocenters. The van der Waals surface area contributed by atoms with Crippen molar-refractivity contribution >= 4 is 50.7 Å². The Morgan fingerprint density at radius 3 is 2.23 bits per heavy atom. The van der Waals surface area contributed by atoms with Crippen LogP contribution in [0.4, 0.5) is 11.4 Å². The highest BCUT2D eigenvalue weighted by molar-refractivity contribution is 8.00. The molecule has 0 aliphatic carbocycles. The molecule has 0 bridgehead atoms. The van der Waals surface area contributed by atoms with Gasteiger partial charge in [0.2, 0.25) is 5.91 Å². The van der Waals surface area contributed by atoms with Crippen LogP contribution in [-0.4, -0.2) is 19.6 Å². The minimum atomic E-state index is -3.73. The smallest absolute Gasteiger partial charge is 0.261 e. The zero-order chi connectivity index (χ0) is 22.6. The van der Waals surface area contributed by atoms with Gasteiger partial charge < -0.3 is 5.32 Å². The van der Waals surface area contributed by atoms with Crippen LogP contribution < -0.4 is 10.0 Å². The van der Waals surface area contributed by atoms with Crippen LogP contribution in [0, 0.1) is 13.8 Å². The first-order valence-corrected chi connectivity index (χ1v) is 12.3. The lowest BCUT2D eigenvalue weighted by Gasteiger charge is -2.13. The van der Waals surface area contributed by atoms with Crippen molar-refractivity contribution in [3.05, 3.63) is 82.9 Å². The average Bonchev–Trinajstić information content (AvgIpc) is 2.72. The number of aryl methyl sites for hydroxylation is 2. The summed E-state index contributed by atoms with van der Waals surface area (Å²) in [4.78, 5) is 13.5. The number of halogens is 1. The monoisotopic (exact) mass is 474 g/mol. The lowest BCUT2D eigenvalue weighted by molar-refractivity contribution is -0.115. The molecule has 0 unspecified atom stereocenters. The summed E-state index contributed by atoms with van der Waals surface area (Å²) in [5.74, 6) is -0.177. The second-order valence-electron chi connectivity index (χ2n) is 7.15. The maximum Gasteiger partial charge on any atom is 0.261 e. The molecule has 0 spiro atoms. The van der Waals surface area contributed by atoms with Gasteiger partial charge in [0.05, 0.1) is 15.8 Å². The molecule has 0 saturated carbocycles. The molecule has 0 fully saturated rings. The van der Waals surface area contributed by atoms with Crippen molar-refractivity contribution in [1.29, 1.82) is 0 Å². The molecule has 3 rings (SSSR count). The molecule has 2 N–H and O–H groups in total. The number of amides is 1. The molecular weight excluding hydrogens is 452 g/mol. The minimum absolute atomic E-state index is 0.120. The number of anilines is 2. The van der Waals surface area contributed by atoms with E-state index in [1.54, 1.807) is 37.3 Å². The number of hydrogen-bond donors (Lipinski definition) is 2. The van der Waals surface area contributed by atoms with E-state index in [0.717, 1.165) is 16.0 Å². The van der Waals surface area contributed by atoms with Crippen LogP contribution in [0.5, 0.6) is 0 Å². The van der Waals surface area contributed by atoms with Crippen molar-refractivity contribution in [3.63, 3.8) is 0 Å². The number of nitrogens with one attached hydrogen (secondary N) is 2. The van der Waals surface area contributed by atoms with Crippen LogP contribution in [0.2, 0.25) is 5.02 Å². The number of hydrogen-bond acceptors (Lipinski definition) is 4. The Kier molecular flexibility index (Phi) is 7.30. The molecule has 3 aromatic rings. The maximum absolute atomic E-state index is 12.7. The fourth-order valence-corrected chi connectivity index (χ4v) is 4.99. The summed E-state index contributed by atoms with van der Waals surface area (Å²) in [5.41, 5.74) is 2.97. The van der Waals surface area contributed by atoms with Crippen LogP contribution in [0.1, 0.15) is 18.1 Å². The first-order valence-electron chi connectivity index (χ1n) is 9.57. The van der Waals surface area contributed by atoms with Gasteiger partial charge in [-0.3, -0.25) is 9.52 Å². The van der Waals surface area contributed by atoms with E-state index in [-0.39, 0.29) is 16.1 Å². The van der Waals surface area contributed by atoms with E-state index >= 15 is 0 Å². The SMILES string of the molecule is Cc1ccc(NS(=O)(=O)c2ccc(NC(=O)[C@@H](C)Sc3ccc(Cl)cc3)cc2)c(C)c1. The Morgan fingerprint density at radius 1 is 0.968 bits per heavy atom. The van der Waals surface area contributed by atoms with E-state index in [1.807, 2.05) is 38.1 Å². The molecule has 0 saturated heterocycles. The Labute approximate surface area is 192 Å². The molecule has 8 heteroatoms. The Bertz CT molecular complexity index is 1180. The first kappa shape index (κ1) is 23.2. The number of benzene rings is 3. The quantitative estimate of drug-likeness (QED) is 0.419. The zero-order valence-corrected chi connectivity index (χ0v) is 19.7. The van der Waals surface area contributed by atoms with Crippen LogP contribution in [0.15, 0.2) is 76.5 Å². The van der Waals surface area contributed by atoms with Crippen molar-refractivity contribution in [2.75, 3.05) is 10.0 Å². The molecular formula is C23H23ClN2O3S2. The second kappa shape index (κ2) is 9.77. The molecule has 0 aromatic heterocycles. The summed E-state index contributed by atoms with van der Waals surface area (Å²) >= 11 is 7.30. The molecule has 0 radical (unpaired) electrons. The number of carbonyl (C=O) groups is 1. The average molecular weight is 475 g/mol. The third kappa shape index (κ3) is 6.26. The summed E-state index contributed by atoms with van der Waals surface area (Å²) in [6, 6.07) is 18.9. The summed E-state index contributed by atoms with van der Waals surface area (Å²) in [6.45, 7) is 5.61. The normalized spacial score (nSPS) is 12.3. The van der Waals surface area contributed by atoms with E-state index in [1.165, 1.54) is 23.9 Å². The molecule has 162 valence electrons. The number of thioether (sulfide) groups is 1. The van der Waals surface area contributed by atoms with Gasteiger partial charge in [0.25, 0.3) is 10.0 Å². The third-order valence-corrected chi connectivity index (χ3v) is 7.30. The predicted molar refractivity (Wildman–Crippen MR) is 129 cm³/mol. The third-order valence-electron chi connectivity index (χ3n) is 4.55. The second-order valence-corrected chi connectivity index (χ2v) is 10.7. The van der Waals surface area contributed by atoms with E-state index in [0.29, 0.717) is 16.4 Å². The van der Waals surface area contributed by atoms with Crippen molar-refractivity contribution in [1.82, 2.24) is 0 Å². The standard InChI is InChI=1S/C23H23ClN2O3S2/c1-15-4-13-22(16(2)14-15)26-31(28,29)21-11-7-19(8-12-21)25-23(27)17(3)30-20-9-5-18(24)6-10-20/h4-14,17,26H,1-3H3,(H,25,27)/t17-/m1/s1. The van der Waals surface area contributed by atoms with Gasteiger partial charge in [0.1, 0.15) is 0 Å². The molecule has 5 nitrogen and oxygen atoms in total. The van der Waals surface area contributed by atoms with Crippen LogP contribution in [0.3, 0.4) is 0 Å². The molecule has 3 aromatic carbocycles. The lowest BCUT2D eigenvalue weighted by Crippen LogP contribution is -2.22. The Hall–Kier alpha value is -2.48. The Morgan fingerprint density at radius 2 is 1.61 bits per heavy atom. The van der Waals surface area contributed by atoms with E-state index < -0.39 is 10.0 Å². The minimum Gasteiger partial charge on any atom is -0.325 e. The molecule has 31 heavy (non-hydrogen) atoms. The molecule has 0 aliphatic heterocycles. The van der Waals surface area contributed by atoms with Gasteiger partial charge in [0, 0.05) is 15.6 Å². The fraction of sp³-hybridized carbons (Fsp3) is 0.174. The van der Waals surface area contributed by atoms with Gasteiger partial charge in [-0.05, 0) is 80.9 Å². The zero-order valence-electron chi connectivity index (χ0n) is 17.3. The van der Waals surface area contributed by atoms with E-state index in [9.17, 15) is 13.2 Å². The molecule has 0 heterocycles. The Balaban J connectivity index is 1.64. The van der Waals surface area contributed by atoms with Crippen LogP contribution in [0.25, 0.3) is 0 Å². The number of rotatable bonds is 7. The predicted octanol–water partition coefficient (Wildman–Crippen LogP) is 5.88. The molecule has 0 aliphatic rings. The van der Waals surface area contributed by atoms with E-state index in [4.69, 9.17) is 11.6 Å². The maximum atomic E-state index is 12.7. The highest BCUT2D eigenvalue weighted by Crippen LogP contribution is 2.26. The first-order chi connectivity index (χ1) is 14.6. The fourth-order valence-electron chi connectivity index (χ4n) is 2.86. The highest BCUT2D eigenvalue weighted by Gasteiger charge is 2.17. The largest absolute Gasteiger partial charge is 0.325 e. The summed E-state index contributed by atoms with van der Waals surface area (Å²) < 4.78 is 28.0.